The van der Waals surface area contributed by atoms with Gasteiger partial charge in [0.25, 0.3) is 0 Å². The highest BCUT2D eigenvalue weighted by Crippen LogP contribution is 2.25. The van der Waals surface area contributed by atoms with Gasteiger partial charge in [-0.05, 0) is 5.56 Å². The second-order valence-corrected chi connectivity index (χ2v) is 3.22. The van der Waals surface area contributed by atoms with Crippen LogP contribution in [0.4, 0.5) is 0 Å². The SMILES string of the molecule is CC(C1=C[N]C=CO1)c1ccccc1. The minimum Gasteiger partial charge on any atom is -0.466 e. The molecule has 1 unspecified atom stereocenters. The first-order valence-corrected chi connectivity index (χ1v) is 4.64. The van der Waals surface area contributed by atoms with E-state index in [-0.39, 0.29) is 5.92 Å². The average Bonchev–Trinajstić information content (AvgIpc) is 2.30. The Labute approximate surface area is 83.9 Å². The Balaban J connectivity index is 2.16. The van der Waals surface area contributed by atoms with E-state index >= 15 is 0 Å². The second-order valence-electron chi connectivity index (χ2n) is 3.22. The van der Waals surface area contributed by atoms with Crippen LogP contribution in [-0.2, 0) is 4.74 Å². The Morgan fingerprint density at radius 2 is 2.00 bits per heavy atom. The first-order chi connectivity index (χ1) is 6.88. The molecule has 0 fully saturated rings. The average molecular weight is 186 g/mol. The van der Waals surface area contributed by atoms with Gasteiger partial charge in [0.15, 0.2) is 0 Å². The van der Waals surface area contributed by atoms with Gasteiger partial charge in [0.1, 0.15) is 12.0 Å². The highest BCUT2D eigenvalue weighted by Gasteiger charge is 2.13. The Morgan fingerprint density at radius 1 is 1.21 bits per heavy atom. The van der Waals surface area contributed by atoms with E-state index in [1.165, 1.54) is 5.56 Å². The van der Waals surface area contributed by atoms with Crippen LogP contribution < -0.4 is 5.32 Å². The molecule has 0 saturated carbocycles. The van der Waals surface area contributed by atoms with Crippen molar-refractivity contribution in [2.75, 3.05) is 0 Å². The third-order valence-corrected chi connectivity index (χ3v) is 2.28. The van der Waals surface area contributed by atoms with E-state index < -0.39 is 0 Å². The topological polar surface area (TPSA) is 23.3 Å². The summed E-state index contributed by atoms with van der Waals surface area (Å²) in [5.41, 5.74) is 1.24. The third-order valence-electron chi connectivity index (χ3n) is 2.28. The maximum atomic E-state index is 5.38. The van der Waals surface area contributed by atoms with Gasteiger partial charge in [0, 0.05) is 5.92 Å². The second kappa shape index (κ2) is 4.01. The summed E-state index contributed by atoms with van der Waals surface area (Å²) in [7, 11) is 0. The van der Waals surface area contributed by atoms with E-state index in [9.17, 15) is 0 Å². The van der Waals surface area contributed by atoms with E-state index in [1.54, 1.807) is 18.7 Å². The van der Waals surface area contributed by atoms with Crippen LogP contribution in [0.3, 0.4) is 0 Å². The van der Waals surface area contributed by atoms with Crippen molar-refractivity contribution in [3.05, 3.63) is 60.3 Å². The van der Waals surface area contributed by atoms with Gasteiger partial charge in [-0.15, -0.1) is 0 Å². The van der Waals surface area contributed by atoms with Crippen LogP contribution in [0.15, 0.2) is 54.8 Å². The molecule has 1 aromatic rings. The molecule has 1 atom stereocenters. The normalized spacial score (nSPS) is 16.5. The predicted octanol–water partition coefficient (Wildman–Crippen LogP) is 2.74. The van der Waals surface area contributed by atoms with Crippen molar-refractivity contribution in [1.29, 1.82) is 0 Å². The van der Waals surface area contributed by atoms with Crippen molar-refractivity contribution in [3.8, 4) is 0 Å². The molecule has 1 aliphatic rings. The van der Waals surface area contributed by atoms with E-state index in [0.717, 1.165) is 5.76 Å². The molecule has 2 heteroatoms. The van der Waals surface area contributed by atoms with Gasteiger partial charge in [-0.2, -0.15) is 0 Å². The fourth-order valence-electron chi connectivity index (χ4n) is 1.41. The molecule has 0 aliphatic carbocycles. The van der Waals surface area contributed by atoms with Crippen molar-refractivity contribution < 1.29 is 4.74 Å². The summed E-state index contributed by atoms with van der Waals surface area (Å²) in [6.07, 6.45) is 5.01. The molecule has 0 bridgehead atoms. The summed E-state index contributed by atoms with van der Waals surface area (Å²) in [6, 6.07) is 10.3. The molecule has 0 aromatic heterocycles. The molecule has 71 valence electrons. The molecule has 2 nitrogen and oxygen atoms in total. The standard InChI is InChI=1S/C12H12NO/c1-10(11-5-3-2-4-6-11)12-9-13-7-8-14-12/h2-10H,1H3. The minimum absolute atomic E-state index is 0.255. The number of nitrogens with zero attached hydrogens (tertiary/aromatic N) is 1. The summed E-state index contributed by atoms with van der Waals surface area (Å²) >= 11 is 0. The van der Waals surface area contributed by atoms with Crippen molar-refractivity contribution in [2.24, 2.45) is 0 Å². The zero-order valence-corrected chi connectivity index (χ0v) is 8.05. The highest BCUT2D eigenvalue weighted by atomic mass is 16.5. The van der Waals surface area contributed by atoms with Crippen molar-refractivity contribution in [1.82, 2.24) is 5.32 Å². The van der Waals surface area contributed by atoms with Gasteiger partial charge in [-0.25, -0.2) is 0 Å². The first-order valence-electron chi connectivity index (χ1n) is 4.64. The molecule has 1 aromatic carbocycles. The van der Waals surface area contributed by atoms with Crippen LogP contribution in [0, 0.1) is 0 Å². The number of allylic oxidation sites excluding steroid dienone is 1. The zero-order chi connectivity index (χ0) is 9.80. The van der Waals surface area contributed by atoms with Crippen LogP contribution in [0.5, 0.6) is 0 Å². The highest BCUT2D eigenvalue weighted by molar-refractivity contribution is 5.26. The van der Waals surface area contributed by atoms with Crippen molar-refractivity contribution in [3.63, 3.8) is 0 Å². The van der Waals surface area contributed by atoms with Crippen LogP contribution in [0.25, 0.3) is 0 Å². The molecule has 1 heterocycles. The van der Waals surface area contributed by atoms with Gasteiger partial charge in [-0.3, -0.25) is 5.32 Å². The molecular weight excluding hydrogens is 174 g/mol. The third kappa shape index (κ3) is 1.79. The Kier molecular flexibility index (Phi) is 2.54. The summed E-state index contributed by atoms with van der Waals surface area (Å²) in [5, 5.41) is 4.04. The lowest BCUT2D eigenvalue weighted by Crippen LogP contribution is -2.05. The maximum absolute atomic E-state index is 5.38. The lowest BCUT2D eigenvalue weighted by atomic mass is 9.99. The number of rotatable bonds is 2. The van der Waals surface area contributed by atoms with E-state index in [2.05, 4.69) is 24.4 Å². The van der Waals surface area contributed by atoms with Crippen LogP contribution in [0.2, 0.25) is 0 Å². The molecule has 0 N–H and O–H groups in total. The largest absolute Gasteiger partial charge is 0.466 e. The molecule has 2 rings (SSSR count). The van der Waals surface area contributed by atoms with Crippen LogP contribution in [0.1, 0.15) is 18.4 Å². The number of hydrogen-bond donors (Lipinski definition) is 0. The van der Waals surface area contributed by atoms with Gasteiger partial charge in [0.2, 0.25) is 0 Å². The maximum Gasteiger partial charge on any atom is 0.129 e. The summed E-state index contributed by atoms with van der Waals surface area (Å²) in [6.45, 7) is 2.11. The monoisotopic (exact) mass is 186 g/mol. The van der Waals surface area contributed by atoms with Crippen LogP contribution in [-0.4, -0.2) is 0 Å². The molecule has 1 aliphatic heterocycles. The fraction of sp³-hybridized carbons (Fsp3) is 0.167. The number of hydrogen-bond acceptors (Lipinski definition) is 1. The molecular formula is C12H12NO. The van der Waals surface area contributed by atoms with Gasteiger partial charge in [-0.1, -0.05) is 37.3 Å². The molecule has 0 amide bonds. The summed E-state index contributed by atoms with van der Waals surface area (Å²) in [5.74, 6) is 1.14. The summed E-state index contributed by atoms with van der Waals surface area (Å²) in [4.78, 5) is 0. The Bertz CT molecular complexity index is 354. The van der Waals surface area contributed by atoms with Crippen molar-refractivity contribution in [2.45, 2.75) is 12.8 Å². The van der Waals surface area contributed by atoms with Gasteiger partial charge >= 0.3 is 0 Å². The number of ether oxygens (including phenoxy) is 1. The molecule has 0 saturated heterocycles. The molecule has 1 radical (unpaired) electrons. The van der Waals surface area contributed by atoms with Gasteiger partial charge in [0.05, 0.1) is 12.4 Å². The fourth-order valence-corrected chi connectivity index (χ4v) is 1.41. The lowest BCUT2D eigenvalue weighted by molar-refractivity contribution is 0.310. The predicted molar refractivity (Wildman–Crippen MR) is 55.3 cm³/mol. The molecule has 0 spiro atoms. The lowest BCUT2D eigenvalue weighted by Gasteiger charge is -2.16. The summed E-state index contributed by atoms with van der Waals surface area (Å²) < 4.78 is 5.38. The van der Waals surface area contributed by atoms with Crippen molar-refractivity contribution >= 4 is 0 Å². The Morgan fingerprint density at radius 3 is 2.64 bits per heavy atom. The zero-order valence-electron chi connectivity index (χ0n) is 8.05. The van der Waals surface area contributed by atoms with Crippen LogP contribution >= 0.6 is 0 Å². The number of benzene rings is 1. The van der Waals surface area contributed by atoms with E-state index in [0.29, 0.717) is 0 Å². The minimum atomic E-state index is 0.255. The van der Waals surface area contributed by atoms with E-state index in [1.807, 2.05) is 18.2 Å². The van der Waals surface area contributed by atoms with E-state index in [4.69, 9.17) is 4.74 Å². The molecule has 14 heavy (non-hydrogen) atoms. The quantitative estimate of drug-likeness (QED) is 0.696. The van der Waals surface area contributed by atoms with Gasteiger partial charge < -0.3 is 4.74 Å². The first kappa shape index (κ1) is 8.88. The smallest absolute Gasteiger partial charge is 0.129 e. The Hall–Kier alpha value is -1.70.